The van der Waals surface area contributed by atoms with Crippen LogP contribution in [0.2, 0.25) is 5.02 Å². The first-order valence-electron chi connectivity index (χ1n) is 5.95. The second-order valence-corrected chi connectivity index (χ2v) is 6.99. The summed E-state index contributed by atoms with van der Waals surface area (Å²) in [5.74, 6) is 0.0768. The van der Waals surface area contributed by atoms with Gasteiger partial charge in [-0.25, -0.2) is 5.43 Å². The maximum absolute atomic E-state index is 12.2. The Morgan fingerprint density at radius 2 is 2.14 bits per heavy atom. The monoisotopic (exact) mass is 386 g/mol. The summed E-state index contributed by atoms with van der Waals surface area (Å²) in [5, 5.41) is 4.56. The first kappa shape index (κ1) is 16.0. The predicted octanol–water partition coefficient (Wildman–Crippen LogP) is 4.33. The van der Waals surface area contributed by atoms with E-state index in [9.17, 15) is 4.79 Å². The molecule has 7 heteroatoms. The number of hydrazone groups is 1. The molecule has 110 valence electrons. The Kier molecular flexibility index (Phi) is 5.39. The molecule has 0 aliphatic carbocycles. The van der Waals surface area contributed by atoms with Crippen molar-refractivity contribution in [3.63, 3.8) is 0 Å². The zero-order chi connectivity index (χ0) is 15.4. The first-order chi connectivity index (χ1) is 10.0. The lowest BCUT2D eigenvalue weighted by molar-refractivity contribution is 0.0952. The average Bonchev–Trinajstić information content (AvgIpc) is 2.91. The summed E-state index contributed by atoms with van der Waals surface area (Å²) >= 11 is 10.8. The number of nitrogens with zero attached hydrogens (tertiary/aromatic N) is 1. The van der Waals surface area contributed by atoms with E-state index in [1.807, 2.05) is 19.1 Å². The van der Waals surface area contributed by atoms with E-state index in [1.54, 1.807) is 29.5 Å². The highest BCUT2D eigenvalue weighted by Crippen LogP contribution is 2.23. The number of rotatable bonds is 4. The number of nitrogens with one attached hydrogen (secondary N) is 1. The van der Waals surface area contributed by atoms with Gasteiger partial charge in [0.1, 0.15) is 5.75 Å². The van der Waals surface area contributed by atoms with Gasteiger partial charge in [0.25, 0.3) is 5.91 Å². The van der Waals surface area contributed by atoms with Crippen LogP contribution in [0.4, 0.5) is 0 Å². The van der Waals surface area contributed by atoms with Crippen molar-refractivity contribution in [3.8, 4) is 5.75 Å². The van der Waals surface area contributed by atoms with Crippen molar-refractivity contribution in [1.29, 1.82) is 0 Å². The number of hydrogen-bond donors (Lipinski definition) is 1. The van der Waals surface area contributed by atoms with Crippen LogP contribution in [-0.2, 0) is 0 Å². The molecular formula is C14H12BrClN2O2S. The molecule has 0 saturated heterocycles. The van der Waals surface area contributed by atoms with Gasteiger partial charge in [-0.2, -0.15) is 5.10 Å². The quantitative estimate of drug-likeness (QED) is 0.627. The normalized spacial score (nSPS) is 11.3. The van der Waals surface area contributed by atoms with Crippen LogP contribution in [0, 0.1) is 0 Å². The lowest BCUT2D eigenvalue weighted by atomic mass is 10.2. The standard InChI is InChI=1S/C14H12BrClN2O2S/c1-8(12-5-6-13(15)21-12)17-18-14(19)10-7-9(16)3-4-11(10)20-2/h3-7H,1-2H3,(H,18,19)/b17-8+. The Morgan fingerprint density at radius 3 is 2.76 bits per heavy atom. The fraction of sp³-hybridized carbons (Fsp3) is 0.143. The SMILES string of the molecule is COc1ccc(Cl)cc1C(=O)N/N=C(\C)c1ccc(Br)s1. The number of amides is 1. The van der Waals surface area contributed by atoms with E-state index in [0.717, 1.165) is 14.4 Å². The van der Waals surface area contributed by atoms with Gasteiger partial charge in [0.05, 0.1) is 27.0 Å². The minimum absolute atomic E-state index is 0.342. The van der Waals surface area contributed by atoms with Gasteiger partial charge in [0, 0.05) is 5.02 Å². The lowest BCUT2D eigenvalue weighted by Gasteiger charge is -2.07. The van der Waals surface area contributed by atoms with Crippen molar-refractivity contribution in [2.45, 2.75) is 6.92 Å². The summed E-state index contributed by atoms with van der Waals surface area (Å²) in [6.45, 7) is 1.83. The fourth-order valence-corrected chi connectivity index (χ4v) is 3.12. The number of benzene rings is 1. The number of methoxy groups -OCH3 is 1. The van der Waals surface area contributed by atoms with Gasteiger partial charge in [-0.1, -0.05) is 11.6 Å². The minimum atomic E-state index is -0.371. The van der Waals surface area contributed by atoms with E-state index in [4.69, 9.17) is 16.3 Å². The van der Waals surface area contributed by atoms with Crippen LogP contribution in [-0.4, -0.2) is 18.7 Å². The van der Waals surface area contributed by atoms with Crippen molar-refractivity contribution >= 4 is 50.5 Å². The molecule has 0 bridgehead atoms. The highest BCUT2D eigenvalue weighted by Gasteiger charge is 2.12. The van der Waals surface area contributed by atoms with E-state index in [2.05, 4.69) is 26.5 Å². The number of halogens is 2. The maximum Gasteiger partial charge on any atom is 0.275 e. The molecule has 1 heterocycles. The number of carbonyl (C=O) groups is 1. The van der Waals surface area contributed by atoms with Gasteiger partial charge in [-0.15, -0.1) is 11.3 Å². The average molecular weight is 388 g/mol. The molecule has 0 radical (unpaired) electrons. The number of ether oxygens (including phenoxy) is 1. The summed E-state index contributed by atoms with van der Waals surface area (Å²) in [5.41, 5.74) is 3.57. The number of hydrogen-bond acceptors (Lipinski definition) is 4. The third-order valence-electron chi connectivity index (χ3n) is 2.66. The Hall–Kier alpha value is -1.37. The molecule has 4 nitrogen and oxygen atoms in total. The largest absolute Gasteiger partial charge is 0.496 e. The molecule has 0 saturated carbocycles. The summed E-state index contributed by atoms with van der Waals surface area (Å²) < 4.78 is 6.15. The predicted molar refractivity (Wildman–Crippen MR) is 89.7 cm³/mol. The Balaban J connectivity index is 2.17. The third kappa shape index (κ3) is 4.06. The molecule has 0 spiro atoms. The topological polar surface area (TPSA) is 50.7 Å². The molecule has 0 atom stereocenters. The van der Waals surface area contributed by atoms with Crippen molar-refractivity contribution < 1.29 is 9.53 Å². The van der Waals surface area contributed by atoms with E-state index in [1.165, 1.54) is 7.11 Å². The van der Waals surface area contributed by atoms with Crippen LogP contribution in [0.25, 0.3) is 0 Å². The molecule has 0 aliphatic heterocycles. The maximum atomic E-state index is 12.2. The fourth-order valence-electron chi connectivity index (χ4n) is 1.62. The first-order valence-corrected chi connectivity index (χ1v) is 7.94. The molecule has 1 aromatic heterocycles. The molecule has 0 aliphatic rings. The third-order valence-corrected chi connectivity index (χ3v) is 4.63. The minimum Gasteiger partial charge on any atom is -0.496 e. The molecule has 0 fully saturated rings. The van der Waals surface area contributed by atoms with Crippen molar-refractivity contribution in [2.75, 3.05) is 7.11 Å². The van der Waals surface area contributed by atoms with E-state index in [-0.39, 0.29) is 5.91 Å². The van der Waals surface area contributed by atoms with Gasteiger partial charge in [-0.3, -0.25) is 4.79 Å². The van der Waals surface area contributed by atoms with Gasteiger partial charge >= 0.3 is 0 Å². The molecule has 1 amide bonds. The van der Waals surface area contributed by atoms with Crippen LogP contribution in [0.5, 0.6) is 5.75 Å². The Bertz CT molecular complexity index is 700. The summed E-state index contributed by atoms with van der Waals surface area (Å²) in [7, 11) is 1.50. The van der Waals surface area contributed by atoms with Crippen LogP contribution < -0.4 is 10.2 Å². The summed E-state index contributed by atoms with van der Waals surface area (Å²) in [6, 6.07) is 8.71. The van der Waals surface area contributed by atoms with Gasteiger partial charge in [0.15, 0.2) is 0 Å². The number of thiophene rings is 1. The smallest absolute Gasteiger partial charge is 0.275 e. The molecular weight excluding hydrogens is 376 g/mol. The van der Waals surface area contributed by atoms with E-state index < -0.39 is 0 Å². The zero-order valence-corrected chi connectivity index (χ0v) is 14.5. The van der Waals surface area contributed by atoms with Gasteiger partial charge in [0.2, 0.25) is 0 Å². The Labute approximate surface area is 139 Å². The zero-order valence-electron chi connectivity index (χ0n) is 11.3. The molecule has 2 rings (SSSR count). The van der Waals surface area contributed by atoms with Crippen LogP contribution in [0.1, 0.15) is 22.2 Å². The summed E-state index contributed by atoms with van der Waals surface area (Å²) in [4.78, 5) is 13.1. The van der Waals surface area contributed by atoms with Gasteiger partial charge in [-0.05, 0) is 53.2 Å². The van der Waals surface area contributed by atoms with Crippen LogP contribution in [0.15, 0.2) is 39.2 Å². The van der Waals surface area contributed by atoms with Crippen LogP contribution in [0.3, 0.4) is 0 Å². The van der Waals surface area contributed by atoms with E-state index in [0.29, 0.717) is 16.3 Å². The van der Waals surface area contributed by atoms with Crippen LogP contribution >= 0.6 is 38.9 Å². The second kappa shape index (κ2) is 7.06. The highest BCUT2D eigenvalue weighted by molar-refractivity contribution is 9.11. The van der Waals surface area contributed by atoms with Crippen molar-refractivity contribution in [1.82, 2.24) is 5.43 Å². The van der Waals surface area contributed by atoms with Crippen molar-refractivity contribution in [2.24, 2.45) is 5.10 Å². The molecule has 21 heavy (non-hydrogen) atoms. The highest BCUT2D eigenvalue weighted by atomic mass is 79.9. The van der Waals surface area contributed by atoms with Crippen molar-refractivity contribution in [3.05, 3.63) is 49.6 Å². The molecule has 1 N–H and O–H groups in total. The summed E-state index contributed by atoms with van der Waals surface area (Å²) in [6.07, 6.45) is 0. The van der Waals surface area contributed by atoms with E-state index >= 15 is 0 Å². The lowest BCUT2D eigenvalue weighted by Crippen LogP contribution is -2.19. The number of carbonyl (C=O) groups excluding carboxylic acids is 1. The molecule has 2 aromatic rings. The molecule has 1 aromatic carbocycles. The second-order valence-electron chi connectivity index (χ2n) is 4.09. The Morgan fingerprint density at radius 1 is 1.38 bits per heavy atom. The van der Waals surface area contributed by atoms with Gasteiger partial charge < -0.3 is 4.74 Å². The molecule has 0 unspecified atom stereocenters.